The SMILES string of the molecule is Cc1noc(C)c1[C@H](C)CNCc1cccc([N+](=O)[O-])c1. The number of aromatic nitrogens is 1. The molecule has 6 nitrogen and oxygen atoms in total. The molecule has 0 saturated carbocycles. The molecule has 0 bridgehead atoms. The fourth-order valence-electron chi connectivity index (χ4n) is 2.51. The van der Waals surface area contributed by atoms with Gasteiger partial charge in [0.25, 0.3) is 5.69 Å². The third kappa shape index (κ3) is 3.66. The van der Waals surface area contributed by atoms with Gasteiger partial charge in [0.15, 0.2) is 0 Å². The van der Waals surface area contributed by atoms with Crippen LogP contribution in [0.2, 0.25) is 0 Å². The summed E-state index contributed by atoms with van der Waals surface area (Å²) in [5.41, 5.74) is 3.06. The molecule has 0 radical (unpaired) electrons. The van der Waals surface area contributed by atoms with Crippen molar-refractivity contribution >= 4 is 5.69 Å². The first-order chi connectivity index (χ1) is 9.99. The molecule has 2 rings (SSSR count). The van der Waals surface area contributed by atoms with Gasteiger partial charge in [-0.15, -0.1) is 0 Å². The van der Waals surface area contributed by atoms with Gasteiger partial charge in [0, 0.05) is 30.8 Å². The van der Waals surface area contributed by atoms with Crippen molar-refractivity contribution in [2.24, 2.45) is 0 Å². The fourth-order valence-corrected chi connectivity index (χ4v) is 2.51. The quantitative estimate of drug-likeness (QED) is 0.652. The summed E-state index contributed by atoms with van der Waals surface area (Å²) in [6, 6.07) is 6.66. The Morgan fingerprint density at radius 3 is 2.81 bits per heavy atom. The molecule has 0 aliphatic carbocycles. The molecule has 0 unspecified atom stereocenters. The van der Waals surface area contributed by atoms with Gasteiger partial charge in [-0.3, -0.25) is 10.1 Å². The molecule has 1 atom stereocenters. The van der Waals surface area contributed by atoms with Gasteiger partial charge in [-0.1, -0.05) is 24.2 Å². The van der Waals surface area contributed by atoms with Crippen molar-refractivity contribution in [2.75, 3.05) is 6.54 Å². The van der Waals surface area contributed by atoms with Crippen LogP contribution in [-0.2, 0) is 6.54 Å². The summed E-state index contributed by atoms with van der Waals surface area (Å²) >= 11 is 0. The number of rotatable bonds is 6. The first-order valence-electron chi connectivity index (χ1n) is 6.86. The zero-order valence-electron chi connectivity index (χ0n) is 12.4. The van der Waals surface area contributed by atoms with Crippen LogP contribution in [0.25, 0.3) is 0 Å². The highest BCUT2D eigenvalue weighted by molar-refractivity contribution is 5.34. The molecule has 0 fully saturated rings. The summed E-state index contributed by atoms with van der Waals surface area (Å²) in [4.78, 5) is 10.4. The van der Waals surface area contributed by atoms with Crippen LogP contribution in [0, 0.1) is 24.0 Å². The molecule has 1 N–H and O–H groups in total. The van der Waals surface area contributed by atoms with Gasteiger partial charge in [0.2, 0.25) is 0 Å². The summed E-state index contributed by atoms with van der Waals surface area (Å²) in [6.45, 7) is 7.29. The molecule has 0 aliphatic rings. The number of aryl methyl sites for hydroxylation is 2. The number of nitro groups is 1. The van der Waals surface area contributed by atoms with E-state index in [9.17, 15) is 10.1 Å². The Morgan fingerprint density at radius 1 is 1.43 bits per heavy atom. The van der Waals surface area contributed by atoms with Crippen LogP contribution >= 0.6 is 0 Å². The third-order valence-corrected chi connectivity index (χ3v) is 3.48. The minimum atomic E-state index is -0.379. The Bertz CT molecular complexity index is 617. The zero-order valence-corrected chi connectivity index (χ0v) is 12.4. The van der Waals surface area contributed by atoms with E-state index < -0.39 is 0 Å². The van der Waals surface area contributed by atoms with E-state index in [1.807, 2.05) is 19.9 Å². The molecular formula is C15H19N3O3. The van der Waals surface area contributed by atoms with Crippen LogP contribution in [0.4, 0.5) is 5.69 Å². The van der Waals surface area contributed by atoms with Crippen molar-refractivity contribution < 1.29 is 9.45 Å². The van der Waals surface area contributed by atoms with Crippen LogP contribution in [-0.4, -0.2) is 16.6 Å². The predicted octanol–water partition coefficient (Wildman–Crippen LogP) is 3.09. The van der Waals surface area contributed by atoms with Crippen molar-refractivity contribution in [3.05, 3.63) is 57.0 Å². The van der Waals surface area contributed by atoms with Crippen molar-refractivity contribution in [1.29, 1.82) is 0 Å². The van der Waals surface area contributed by atoms with Gasteiger partial charge in [0.05, 0.1) is 10.6 Å². The molecule has 6 heteroatoms. The maximum atomic E-state index is 10.7. The van der Waals surface area contributed by atoms with Crippen LogP contribution < -0.4 is 5.32 Å². The number of non-ortho nitro benzene ring substituents is 1. The molecule has 1 heterocycles. The van der Waals surface area contributed by atoms with Gasteiger partial charge in [-0.25, -0.2) is 0 Å². The molecule has 112 valence electrons. The Balaban J connectivity index is 1.92. The summed E-state index contributed by atoms with van der Waals surface area (Å²) < 4.78 is 5.17. The number of nitrogens with one attached hydrogen (secondary N) is 1. The van der Waals surface area contributed by atoms with E-state index in [-0.39, 0.29) is 16.5 Å². The van der Waals surface area contributed by atoms with Gasteiger partial charge in [0.1, 0.15) is 5.76 Å². The maximum Gasteiger partial charge on any atom is 0.269 e. The van der Waals surface area contributed by atoms with E-state index in [1.54, 1.807) is 12.1 Å². The first-order valence-corrected chi connectivity index (χ1v) is 6.86. The number of nitro benzene ring substituents is 1. The number of benzene rings is 1. The van der Waals surface area contributed by atoms with Gasteiger partial charge in [-0.05, 0) is 25.3 Å². The van der Waals surface area contributed by atoms with Gasteiger partial charge < -0.3 is 9.84 Å². The van der Waals surface area contributed by atoms with Crippen LogP contribution in [0.15, 0.2) is 28.8 Å². The lowest BCUT2D eigenvalue weighted by molar-refractivity contribution is -0.384. The number of hydrogen-bond acceptors (Lipinski definition) is 5. The Kier molecular flexibility index (Phi) is 4.70. The summed E-state index contributed by atoms with van der Waals surface area (Å²) in [6.07, 6.45) is 0. The molecule has 0 amide bonds. The highest BCUT2D eigenvalue weighted by Crippen LogP contribution is 2.22. The second kappa shape index (κ2) is 6.49. The van der Waals surface area contributed by atoms with E-state index in [0.29, 0.717) is 6.54 Å². The normalized spacial score (nSPS) is 12.3. The number of hydrogen-bond donors (Lipinski definition) is 1. The van der Waals surface area contributed by atoms with E-state index in [0.717, 1.165) is 29.1 Å². The lowest BCUT2D eigenvalue weighted by Gasteiger charge is -2.12. The monoisotopic (exact) mass is 289 g/mol. The van der Waals surface area contributed by atoms with E-state index in [1.165, 1.54) is 6.07 Å². The second-order valence-electron chi connectivity index (χ2n) is 5.20. The topological polar surface area (TPSA) is 81.2 Å². The minimum absolute atomic E-state index is 0.119. The van der Waals surface area contributed by atoms with Crippen LogP contribution in [0.1, 0.15) is 35.4 Å². The molecular weight excluding hydrogens is 270 g/mol. The highest BCUT2D eigenvalue weighted by Gasteiger charge is 2.16. The summed E-state index contributed by atoms with van der Waals surface area (Å²) in [5, 5.41) is 18.0. The lowest BCUT2D eigenvalue weighted by atomic mass is 9.99. The average molecular weight is 289 g/mol. The predicted molar refractivity (Wildman–Crippen MR) is 79.2 cm³/mol. The molecule has 1 aromatic heterocycles. The Morgan fingerprint density at radius 2 is 2.19 bits per heavy atom. The molecule has 21 heavy (non-hydrogen) atoms. The molecule has 0 spiro atoms. The summed E-state index contributed by atoms with van der Waals surface area (Å²) in [7, 11) is 0. The highest BCUT2D eigenvalue weighted by atomic mass is 16.6. The molecule has 0 saturated heterocycles. The van der Waals surface area contributed by atoms with Crippen molar-refractivity contribution in [1.82, 2.24) is 10.5 Å². The standard InChI is InChI=1S/C15H19N3O3/c1-10(15-11(2)17-21-12(15)3)8-16-9-13-5-4-6-14(7-13)18(19)20/h4-7,10,16H,8-9H2,1-3H3/t10-/m1/s1. The average Bonchev–Trinajstić information content (AvgIpc) is 2.78. The van der Waals surface area contributed by atoms with Crippen molar-refractivity contribution in [2.45, 2.75) is 33.2 Å². The third-order valence-electron chi connectivity index (χ3n) is 3.48. The molecule has 0 aliphatic heterocycles. The lowest BCUT2D eigenvalue weighted by Crippen LogP contribution is -2.20. The Hall–Kier alpha value is -2.21. The van der Waals surface area contributed by atoms with Crippen LogP contribution in [0.3, 0.4) is 0 Å². The van der Waals surface area contributed by atoms with E-state index in [2.05, 4.69) is 17.4 Å². The van der Waals surface area contributed by atoms with Gasteiger partial charge in [-0.2, -0.15) is 0 Å². The molecule has 2 aromatic rings. The maximum absolute atomic E-state index is 10.7. The fraction of sp³-hybridized carbons (Fsp3) is 0.400. The van der Waals surface area contributed by atoms with Crippen molar-refractivity contribution in [3.8, 4) is 0 Å². The second-order valence-corrected chi connectivity index (χ2v) is 5.20. The number of nitrogens with zero attached hydrogens (tertiary/aromatic N) is 2. The minimum Gasteiger partial charge on any atom is -0.361 e. The largest absolute Gasteiger partial charge is 0.361 e. The summed E-state index contributed by atoms with van der Waals surface area (Å²) in [5.74, 6) is 1.12. The first kappa shape index (κ1) is 15.2. The van der Waals surface area contributed by atoms with Crippen molar-refractivity contribution in [3.63, 3.8) is 0 Å². The van der Waals surface area contributed by atoms with Gasteiger partial charge >= 0.3 is 0 Å². The smallest absolute Gasteiger partial charge is 0.269 e. The van der Waals surface area contributed by atoms with E-state index >= 15 is 0 Å². The zero-order chi connectivity index (χ0) is 15.4. The van der Waals surface area contributed by atoms with E-state index in [4.69, 9.17) is 4.52 Å². The Labute approximate surface area is 123 Å². The van der Waals surface area contributed by atoms with Crippen LogP contribution in [0.5, 0.6) is 0 Å². The molecule has 1 aromatic carbocycles.